The van der Waals surface area contributed by atoms with Crippen LogP contribution in [0, 0.1) is 39.9 Å². The van der Waals surface area contributed by atoms with Crippen LogP contribution in [0.15, 0.2) is 11.6 Å². The van der Waals surface area contributed by atoms with Crippen LogP contribution in [0.4, 0.5) is 0 Å². The van der Waals surface area contributed by atoms with E-state index in [1.165, 1.54) is 12.0 Å². The maximum Gasteiger partial charge on any atom is 0.138 e. The number of hydrogen-bond acceptors (Lipinski definition) is 3. The van der Waals surface area contributed by atoms with E-state index in [9.17, 15) is 9.90 Å². The third-order valence-corrected chi connectivity index (χ3v) is 11.6. The molecule has 0 spiro atoms. The van der Waals surface area contributed by atoms with Gasteiger partial charge in [-0.25, -0.2) is 0 Å². The van der Waals surface area contributed by atoms with Gasteiger partial charge in [0.15, 0.2) is 0 Å². The summed E-state index contributed by atoms with van der Waals surface area (Å²) in [6.07, 6.45) is 12.5. The second-order valence-electron chi connectivity index (χ2n) is 13.8. The fourth-order valence-electron chi connectivity index (χ4n) is 9.79. The van der Waals surface area contributed by atoms with E-state index >= 15 is 0 Å². The highest BCUT2D eigenvalue weighted by atomic mass is 16.3. The molecule has 32 heavy (non-hydrogen) atoms. The van der Waals surface area contributed by atoms with Crippen molar-refractivity contribution in [2.75, 3.05) is 0 Å². The number of carbonyl (C=O) groups excluding carboxylic acids is 1. The standard InChI is InChI=1S/C29H49NO2/c1-19(2)9-8-15-28(7,32)20-12-18-29(30)21(20)10-11-23-26(5)16-14-24(31)25(3,4)22(26)13-17-27(23,29)6/h9,20-23,32H,8,10-18,30H2,1-7H3/t20-,21?,22?,23?,26-,27+,28-,29-/m0/s1. The van der Waals surface area contributed by atoms with Gasteiger partial charge in [-0.15, -0.1) is 0 Å². The average molecular weight is 444 g/mol. The minimum Gasteiger partial charge on any atom is -0.390 e. The Kier molecular flexibility index (Phi) is 5.86. The number of rotatable bonds is 4. The first kappa shape index (κ1) is 24.5. The summed E-state index contributed by atoms with van der Waals surface area (Å²) < 4.78 is 0. The SMILES string of the molecule is CC(C)=CCC[C@](C)(O)[C@H]1CC[C@]2(N)C1CCC1[C@@]3(C)CCC(=O)C(C)(C)C3CC[C@]12C. The van der Waals surface area contributed by atoms with Crippen molar-refractivity contribution in [1.82, 2.24) is 0 Å². The molecule has 8 atom stereocenters. The summed E-state index contributed by atoms with van der Waals surface area (Å²) >= 11 is 0. The minimum atomic E-state index is -0.652. The number of Topliss-reactive ketones (excluding diaryl/α,β-unsaturated/α-hetero) is 1. The molecule has 4 rings (SSSR count). The molecule has 182 valence electrons. The largest absolute Gasteiger partial charge is 0.390 e. The Labute approximate surface area is 197 Å². The molecule has 3 nitrogen and oxygen atoms in total. The molecule has 0 bridgehead atoms. The topological polar surface area (TPSA) is 63.3 Å². The van der Waals surface area contributed by atoms with Gasteiger partial charge < -0.3 is 10.8 Å². The molecule has 0 aliphatic heterocycles. The Morgan fingerprint density at radius 2 is 1.75 bits per heavy atom. The van der Waals surface area contributed by atoms with Crippen molar-refractivity contribution < 1.29 is 9.90 Å². The molecule has 3 heteroatoms. The minimum absolute atomic E-state index is 0.0996. The molecule has 0 heterocycles. The molecule has 0 aromatic rings. The molecule has 0 radical (unpaired) electrons. The molecule has 3 N–H and O–H groups in total. The lowest BCUT2D eigenvalue weighted by Gasteiger charge is -2.68. The third-order valence-electron chi connectivity index (χ3n) is 11.6. The maximum absolute atomic E-state index is 12.8. The molecule has 4 aliphatic rings. The predicted octanol–water partition coefficient (Wildman–Crippen LogP) is 6.43. The highest BCUT2D eigenvalue weighted by Gasteiger charge is 2.69. The van der Waals surface area contributed by atoms with Gasteiger partial charge in [0.2, 0.25) is 0 Å². The van der Waals surface area contributed by atoms with Crippen molar-refractivity contribution in [3.63, 3.8) is 0 Å². The van der Waals surface area contributed by atoms with E-state index in [1.807, 2.05) is 0 Å². The summed E-state index contributed by atoms with van der Waals surface area (Å²) in [6.45, 7) is 15.7. The molecule has 4 saturated carbocycles. The van der Waals surface area contributed by atoms with Crippen LogP contribution in [0.25, 0.3) is 0 Å². The van der Waals surface area contributed by atoms with Crippen LogP contribution in [0.1, 0.15) is 113 Å². The highest BCUT2D eigenvalue weighted by molar-refractivity contribution is 5.85. The Bertz CT molecular complexity index is 793. The highest BCUT2D eigenvalue weighted by Crippen LogP contribution is 2.72. The van der Waals surface area contributed by atoms with Crippen molar-refractivity contribution in [3.05, 3.63) is 11.6 Å². The first-order valence-electron chi connectivity index (χ1n) is 13.4. The van der Waals surface area contributed by atoms with Gasteiger partial charge in [0.05, 0.1) is 5.60 Å². The lowest BCUT2D eigenvalue weighted by Crippen LogP contribution is -2.70. The van der Waals surface area contributed by atoms with E-state index in [1.54, 1.807) is 0 Å². The Morgan fingerprint density at radius 3 is 2.41 bits per heavy atom. The van der Waals surface area contributed by atoms with Crippen LogP contribution in [-0.4, -0.2) is 22.0 Å². The Balaban J connectivity index is 1.62. The molecule has 4 fully saturated rings. The van der Waals surface area contributed by atoms with E-state index < -0.39 is 5.60 Å². The zero-order chi connectivity index (χ0) is 23.7. The lowest BCUT2D eigenvalue weighted by atomic mass is 9.37. The molecule has 0 aromatic heterocycles. The number of ketones is 1. The number of fused-ring (bicyclic) bond motifs is 5. The molecule has 0 amide bonds. The summed E-state index contributed by atoms with van der Waals surface area (Å²) in [4.78, 5) is 12.8. The molecule has 0 aromatic carbocycles. The first-order chi connectivity index (χ1) is 14.7. The average Bonchev–Trinajstić information content (AvgIpc) is 3.04. The molecular formula is C29H49NO2. The van der Waals surface area contributed by atoms with E-state index in [2.05, 4.69) is 54.5 Å². The second kappa shape index (κ2) is 7.67. The fraction of sp³-hybridized carbons (Fsp3) is 0.897. The lowest BCUT2D eigenvalue weighted by molar-refractivity contribution is -0.188. The fourth-order valence-corrected chi connectivity index (χ4v) is 9.79. The van der Waals surface area contributed by atoms with E-state index in [4.69, 9.17) is 5.73 Å². The van der Waals surface area contributed by atoms with Crippen LogP contribution in [0.3, 0.4) is 0 Å². The van der Waals surface area contributed by atoms with E-state index in [0.717, 1.165) is 57.8 Å². The summed E-state index contributed by atoms with van der Waals surface area (Å²) in [7, 11) is 0. The van der Waals surface area contributed by atoms with Gasteiger partial charge in [-0.3, -0.25) is 4.79 Å². The molecular weight excluding hydrogens is 394 g/mol. The molecule has 4 aliphatic carbocycles. The number of carbonyl (C=O) groups is 1. The Hall–Kier alpha value is -0.670. The van der Waals surface area contributed by atoms with Crippen molar-refractivity contribution >= 4 is 5.78 Å². The number of nitrogens with two attached hydrogens (primary N) is 1. The van der Waals surface area contributed by atoms with Crippen molar-refractivity contribution in [2.45, 2.75) is 124 Å². The first-order valence-corrected chi connectivity index (χ1v) is 13.4. The summed E-state index contributed by atoms with van der Waals surface area (Å²) in [5, 5.41) is 11.6. The summed E-state index contributed by atoms with van der Waals surface area (Å²) in [5.74, 6) is 2.22. The van der Waals surface area contributed by atoms with Crippen molar-refractivity contribution in [1.29, 1.82) is 0 Å². The van der Waals surface area contributed by atoms with Gasteiger partial charge in [-0.2, -0.15) is 0 Å². The smallest absolute Gasteiger partial charge is 0.138 e. The van der Waals surface area contributed by atoms with Crippen molar-refractivity contribution in [2.24, 2.45) is 45.7 Å². The molecule has 0 saturated heterocycles. The van der Waals surface area contributed by atoms with E-state index in [-0.39, 0.29) is 21.8 Å². The van der Waals surface area contributed by atoms with Crippen LogP contribution in [0.2, 0.25) is 0 Å². The van der Waals surface area contributed by atoms with Gasteiger partial charge in [-0.05, 0) is 113 Å². The summed E-state index contributed by atoms with van der Waals surface area (Å²) in [5.41, 5.74) is 8.07. The van der Waals surface area contributed by atoms with Crippen LogP contribution < -0.4 is 5.73 Å². The quantitative estimate of drug-likeness (QED) is 0.492. The number of allylic oxidation sites excluding steroid dienone is 2. The van der Waals surface area contributed by atoms with Gasteiger partial charge >= 0.3 is 0 Å². The zero-order valence-corrected chi connectivity index (χ0v) is 21.9. The van der Waals surface area contributed by atoms with Gasteiger partial charge in [0.25, 0.3) is 0 Å². The monoisotopic (exact) mass is 443 g/mol. The van der Waals surface area contributed by atoms with Crippen molar-refractivity contribution in [3.8, 4) is 0 Å². The van der Waals surface area contributed by atoms with Crippen LogP contribution in [0.5, 0.6) is 0 Å². The molecule has 3 unspecified atom stereocenters. The predicted molar refractivity (Wildman–Crippen MR) is 132 cm³/mol. The number of aliphatic hydroxyl groups is 1. The Morgan fingerprint density at radius 1 is 1.06 bits per heavy atom. The summed E-state index contributed by atoms with van der Waals surface area (Å²) in [6, 6.07) is 0. The second-order valence-corrected chi connectivity index (χ2v) is 13.8. The van der Waals surface area contributed by atoms with Crippen LogP contribution in [-0.2, 0) is 4.79 Å². The van der Waals surface area contributed by atoms with Gasteiger partial charge in [0, 0.05) is 17.4 Å². The normalized spacial score (nSPS) is 47.1. The number of hydrogen-bond donors (Lipinski definition) is 2. The van der Waals surface area contributed by atoms with Gasteiger partial charge in [-0.1, -0.05) is 39.3 Å². The zero-order valence-electron chi connectivity index (χ0n) is 21.9. The van der Waals surface area contributed by atoms with Gasteiger partial charge in [0.1, 0.15) is 5.78 Å². The van der Waals surface area contributed by atoms with Crippen LogP contribution >= 0.6 is 0 Å². The third kappa shape index (κ3) is 3.31. The maximum atomic E-state index is 12.8. The van der Waals surface area contributed by atoms with E-state index in [0.29, 0.717) is 29.5 Å².